The third-order valence-corrected chi connectivity index (χ3v) is 3.72. The van der Waals surface area contributed by atoms with Crippen molar-refractivity contribution < 1.29 is 4.63 Å². The molecule has 0 saturated heterocycles. The van der Waals surface area contributed by atoms with Gasteiger partial charge in [-0.2, -0.15) is 0 Å². The van der Waals surface area contributed by atoms with E-state index in [9.17, 15) is 0 Å². The van der Waals surface area contributed by atoms with Crippen LogP contribution in [-0.4, -0.2) is 20.3 Å². The lowest BCUT2D eigenvalue weighted by Crippen LogP contribution is -2.09. The number of nitrogens with one attached hydrogen (secondary N) is 2. The molecule has 0 saturated carbocycles. The Kier molecular flexibility index (Phi) is 4.20. The molecule has 0 amide bonds. The molecule has 0 aliphatic carbocycles. The van der Waals surface area contributed by atoms with E-state index in [-0.39, 0.29) is 0 Å². The van der Waals surface area contributed by atoms with Crippen LogP contribution in [0.2, 0.25) is 0 Å². The maximum Gasteiger partial charge on any atom is 0.245 e. The summed E-state index contributed by atoms with van der Waals surface area (Å²) in [6.45, 7) is 1.26. The van der Waals surface area contributed by atoms with Crippen molar-refractivity contribution in [2.75, 3.05) is 10.6 Å². The third kappa shape index (κ3) is 3.55. The third-order valence-electron chi connectivity index (χ3n) is 3.72. The molecule has 0 bridgehead atoms. The molecule has 7 heteroatoms. The number of fused-ring (bicyclic) bond motifs is 1. The fraction of sp³-hybridized carbons (Fsp3) is 0.111. The van der Waals surface area contributed by atoms with Gasteiger partial charge in [-0.15, -0.1) is 0 Å². The molecule has 0 fully saturated rings. The summed E-state index contributed by atoms with van der Waals surface area (Å²) < 4.78 is 4.72. The Morgan fingerprint density at radius 3 is 1.52 bits per heavy atom. The Hall–Kier alpha value is -3.48. The van der Waals surface area contributed by atoms with E-state index in [1.807, 2.05) is 60.7 Å². The lowest BCUT2D eigenvalue weighted by molar-refractivity contribution is 0.314. The van der Waals surface area contributed by atoms with Crippen molar-refractivity contribution in [3.05, 3.63) is 71.8 Å². The summed E-state index contributed by atoms with van der Waals surface area (Å²) in [5.41, 5.74) is 3.05. The number of hydrogen-bond acceptors (Lipinski definition) is 7. The van der Waals surface area contributed by atoms with Gasteiger partial charge in [0, 0.05) is 13.1 Å². The molecule has 0 aliphatic rings. The number of nitrogens with zero attached hydrogens (tertiary/aromatic N) is 4. The van der Waals surface area contributed by atoms with Gasteiger partial charge in [-0.25, -0.2) is 14.6 Å². The van der Waals surface area contributed by atoms with E-state index in [0.29, 0.717) is 36.0 Å². The molecule has 0 radical (unpaired) electrons. The van der Waals surface area contributed by atoms with Gasteiger partial charge in [-0.3, -0.25) is 0 Å². The summed E-state index contributed by atoms with van der Waals surface area (Å²) in [6.07, 6.45) is 0. The number of benzene rings is 2. The van der Waals surface area contributed by atoms with Crippen LogP contribution in [0.1, 0.15) is 11.1 Å². The Morgan fingerprint density at radius 2 is 1.08 bits per heavy atom. The fourth-order valence-corrected chi connectivity index (χ4v) is 2.45. The molecule has 0 spiro atoms. The van der Waals surface area contributed by atoms with Crippen molar-refractivity contribution in [2.45, 2.75) is 13.1 Å². The van der Waals surface area contributed by atoms with Crippen molar-refractivity contribution in [1.29, 1.82) is 0 Å². The predicted molar refractivity (Wildman–Crippen MR) is 94.9 cm³/mol. The van der Waals surface area contributed by atoms with Crippen LogP contribution in [0, 0.1) is 0 Å². The first-order valence-electron chi connectivity index (χ1n) is 7.94. The Labute approximate surface area is 144 Å². The summed E-state index contributed by atoms with van der Waals surface area (Å²) >= 11 is 0. The van der Waals surface area contributed by atoms with Crippen LogP contribution in [0.25, 0.3) is 11.3 Å². The first kappa shape index (κ1) is 15.1. The van der Waals surface area contributed by atoms with Gasteiger partial charge in [0.2, 0.25) is 11.3 Å². The zero-order valence-electron chi connectivity index (χ0n) is 13.4. The number of anilines is 2. The zero-order chi connectivity index (χ0) is 16.9. The van der Waals surface area contributed by atoms with E-state index >= 15 is 0 Å². The molecule has 4 aromatic rings. The van der Waals surface area contributed by atoms with Crippen LogP contribution in [0.15, 0.2) is 65.3 Å². The Morgan fingerprint density at radius 1 is 0.640 bits per heavy atom. The molecule has 2 heterocycles. The normalized spacial score (nSPS) is 10.7. The molecule has 0 aliphatic heterocycles. The summed E-state index contributed by atoms with van der Waals surface area (Å²) in [5, 5.41) is 14.1. The van der Waals surface area contributed by atoms with Gasteiger partial charge in [0.15, 0.2) is 11.6 Å². The number of hydrogen-bond donors (Lipinski definition) is 2. The van der Waals surface area contributed by atoms with Crippen molar-refractivity contribution in [3.8, 4) is 0 Å². The fourth-order valence-electron chi connectivity index (χ4n) is 2.45. The molecular formula is C18H16N6O. The second-order valence-electron chi connectivity index (χ2n) is 5.51. The topological polar surface area (TPSA) is 88.8 Å². The molecule has 124 valence electrons. The van der Waals surface area contributed by atoms with Gasteiger partial charge in [0.05, 0.1) is 0 Å². The van der Waals surface area contributed by atoms with Crippen LogP contribution in [-0.2, 0) is 13.1 Å². The molecule has 25 heavy (non-hydrogen) atoms. The Balaban J connectivity index is 1.57. The highest BCUT2D eigenvalue weighted by molar-refractivity contribution is 5.73. The Bertz CT molecular complexity index is 878. The molecule has 7 nitrogen and oxygen atoms in total. The quantitative estimate of drug-likeness (QED) is 0.560. The molecule has 2 aromatic carbocycles. The molecule has 2 aromatic heterocycles. The van der Waals surface area contributed by atoms with E-state index < -0.39 is 0 Å². The summed E-state index contributed by atoms with van der Waals surface area (Å²) in [6, 6.07) is 20.2. The summed E-state index contributed by atoms with van der Waals surface area (Å²) in [4.78, 5) is 8.92. The van der Waals surface area contributed by atoms with Crippen molar-refractivity contribution >= 4 is 22.9 Å². The lowest BCUT2D eigenvalue weighted by atomic mass is 10.2. The average molecular weight is 332 g/mol. The van der Waals surface area contributed by atoms with E-state index in [2.05, 4.69) is 30.9 Å². The van der Waals surface area contributed by atoms with Crippen LogP contribution >= 0.6 is 0 Å². The first-order chi connectivity index (χ1) is 12.4. The van der Waals surface area contributed by atoms with Crippen molar-refractivity contribution in [2.24, 2.45) is 0 Å². The van der Waals surface area contributed by atoms with Gasteiger partial charge in [0.1, 0.15) is 0 Å². The SMILES string of the molecule is c1ccc(CNc2nc3nonc3nc2NCc2ccccc2)cc1. The molecular weight excluding hydrogens is 316 g/mol. The van der Waals surface area contributed by atoms with Gasteiger partial charge < -0.3 is 10.6 Å². The highest BCUT2D eigenvalue weighted by Gasteiger charge is 2.12. The first-order valence-corrected chi connectivity index (χ1v) is 7.94. The maximum atomic E-state index is 4.72. The van der Waals surface area contributed by atoms with Crippen LogP contribution in [0.4, 0.5) is 11.6 Å². The van der Waals surface area contributed by atoms with E-state index in [1.165, 1.54) is 0 Å². The molecule has 0 unspecified atom stereocenters. The smallest absolute Gasteiger partial charge is 0.245 e. The number of rotatable bonds is 6. The van der Waals surface area contributed by atoms with Gasteiger partial charge in [-0.05, 0) is 21.4 Å². The van der Waals surface area contributed by atoms with Crippen molar-refractivity contribution in [1.82, 2.24) is 20.3 Å². The van der Waals surface area contributed by atoms with Gasteiger partial charge in [-0.1, -0.05) is 60.7 Å². The summed E-state index contributed by atoms with van der Waals surface area (Å²) in [7, 11) is 0. The van der Waals surface area contributed by atoms with Crippen LogP contribution < -0.4 is 10.6 Å². The van der Waals surface area contributed by atoms with Crippen LogP contribution in [0.3, 0.4) is 0 Å². The van der Waals surface area contributed by atoms with Crippen molar-refractivity contribution in [3.63, 3.8) is 0 Å². The second kappa shape index (κ2) is 6.96. The van der Waals surface area contributed by atoms with Crippen LogP contribution in [0.5, 0.6) is 0 Å². The number of aromatic nitrogens is 4. The maximum absolute atomic E-state index is 4.72. The van der Waals surface area contributed by atoms with E-state index in [4.69, 9.17) is 4.63 Å². The van der Waals surface area contributed by atoms with E-state index in [0.717, 1.165) is 11.1 Å². The monoisotopic (exact) mass is 332 g/mol. The minimum atomic E-state index is 0.376. The molecule has 2 N–H and O–H groups in total. The van der Waals surface area contributed by atoms with E-state index in [1.54, 1.807) is 0 Å². The average Bonchev–Trinajstić information content (AvgIpc) is 3.13. The second-order valence-corrected chi connectivity index (χ2v) is 5.51. The minimum Gasteiger partial charge on any atom is -0.363 e. The zero-order valence-corrected chi connectivity index (χ0v) is 13.4. The van der Waals surface area contributed by atoms with Gasteiger partial charge >= 0.3 is 0 Å². The molecule has 0 atom stereocenters. The highest BCUT2D eigenvalue weighted by Crippen LogP contribution is 2.21. The predicted octanol–water partition coefficient (Wildman–Crippen LogP) is 3.24. The summed E-state index contributed by atoms with van der Waals surface area (Å²) in [5.74, 6) is 1.23. The van der Waals surface area contributed by atoms with Gasteiger partial charge in [0.25, 0.3) is 0 Å². The largest absolute Gasteiger partial charge is 0.363 e. The lowest BCUT2D eigenvalue weighted by Gasteiger charge is -2.11. The minimum absolute atomic E-state index is 0.376. The standard InChI is InChI=1S/C18H16N6O/c1-3-7-13(8-4-1)11-19-15-16(20-12-14-9-5-2-6-10-14)22-18-17(21-15)23-25-24-18/h1-10H,11-12H2,(H,19,21,23)(H,20,22,24). The molecule has 4 rings (SSSR count). The highest BCUT2D eigenvalue weighted by atomic mass is 16.6.